The number of fused-ring (bicyclic) bond motifs is 1. The first-order chi connectivity index (χ1) is 13.8. The van der Waals surface area contributed by atoms with Gasteiger partial charge in [0.25, 0.3) is 0 Å². The second-order valence-corrected chi connectivity index (χ2v) is 7.16. The Labute approximate surface area is 166 Å². The Morgan fingerprint density at radius 2 is 1.96 bits per heavy atom. The van der Waals surface area contributed by atoms with Gasteiger partial charge in [0.2, 0.25) is 4.77 Å². The number of para-hydroxylation sites is 1. The van der Waals surface area contributed by atoms with Crippen LogP contribution in [0.1, 0.15) is 30.3 Å². The molecule has 6 nitrogen and oxygen atoms in total. The number of aromatic amines is 2. The van der Waals surface area contributed by atoms with E-state index in [4.69, 9.17) is 17.0 Å². The highest BCUT2D eigenvalue weighted by molar-refractivity contribution is 7.71. The SMILES string of the molecule is S=c1[nH]nc([C@@H]2CCCO2)n1/N=C/c1c(-c2ccccc2)[nH]c2ccccc12. The van der Waals surface area contributed by atoms with E-state index in [1.165, 1.54) is 0 Å². The molecule has 1 fully saturated rings. The zero-order valence-electron chi connectivity index (χ0n) is 15.1. The Balaban J connectivity index is 1.63. The maximum atomic E-state index is 5.76. The number of aromatic nitrogens is 4. The van der Waals surface area contributed by atoms with Gasteiger partial charge in [-0.2, -0.15) is 14.9 Å². The molecule has 0 spiro atoms. The molecule has 1 aliphatic rings. The Morgan fingerprint density at radius 1 is 1.14 bits per heavy atom. The molecular weight excluding hydrogens is 370 g/mol. The molecule has 0 bridgehead atoms. The third kappa shape index (κ3) is 2.98. The Morgan fingerprint density at radius 3 is 2.79 bits per heavy atom. The van der Waals surface area contributed by atoms with E-state index in [0.717, 1.165) is 53.0 Å². The molecule has 140 valence electrons. The summed E-state index contributed by atoms with van der Waals surface area (Å²) in [7, 11) is 0. The summed E-state index contributed by atoms with van der Waals surface area (Å²) < 4.78 is 7.89. The largest absolute Gasteiger partial charge is 0.370 e. The normalized spacial score (nSPS) is 17.1. The molecule has 4 aromatic rings. The van der Waals surface area contributed by atoms with Gasteiger partial charge in [0, 0.05) is 23.1 Å². The quantitative estimate of drug-likeness (QED) is 0.388. The maximum absolute atomic E-state index is 5.76. The van der Waals surface area contributed by atoms with Crippen molar-refractivity contribution in [3.8, 4) is 11.3 Å². The second-order valence-electron chi connectivity index (χ2n) is 6.77. The van der Waals surface area contributed by atoms with Crippen LogP contribution in [0.25, 0.3) is 22.2 Å². The zero-order chi connectivity index (χ0) is 18.9. The van der Waals surface area contributed by atoms with Gasteiger partial charge in [-0.05, 0) is 36.7 Å². The minimum Gasteiger partial charge on any atom is -0.370 e. The molecule has 0 aliphatic carbocycles. The average molecular weight is 389 g/mol. The molecule has 0 amide bonds. The molecule has 1 atom stereocenters. The smallest absolute Gasteiger partial charge is 0.216 e. The molecule has 0 radical (unpaired) electrons. The zero-order valence-corrected chi connectivity index (χ0v) is 15.9. The van der Waals surface area contributed by atoms with Crippen LogP contribution in [0.3, 0.4) is 0 Å². The maximum Gasteiger partial charge on any atom is 0.216 e. The van der Waals surface area contributed by atoms with Gasteiger partial charge in [-0.1, -0.05) is 48.5 Å². The van der Waals surface area contributed by atoms with Gasteiger partial charge in [0.1, 0.15) is 6.10 Å². The molecule has 0 saturated carbocycles. The van der Waals surface area contributed by atoms with Crippen molar-refractivity contribution in [2.24, 2.45) is 5.10 Å². The number of rotatable bonds is 4. The Bertz CT molecular complexity index is 1200. The number of ether oxygens (including phenoxy) is 1. The van der Waals surface area contributed by atoms with Crippen molar-refractivity contribution in [1.82, 2.24) is 19.9 Å². The van der Waals surface area contributed by atoms with E-state index < -0.39 is 0 Å². The van der Waals surface area contributed by atoms with Gasteiger partial charge < -0.3 is 9.72 Å². The number of benzene rings is 2. The van der Waals surface area contributed by atoms with Crippen LogP contribution < -0.4 is 0 Å². The first-order valence-electron chi connectivity index (χ1n) is 9.30. The summed E-state index contributed by atoms with van der Waals surface area (Å²) in [6, 6.07) is 18.5. The summed E-state index contributed by atoms with van der Waals surface area (Å²) in [4.78, 5) is 3.52. The number of nitrogens with zero attached hydrogens (tertiary/aromatic N) is 3. The molecule has 2 N–H and O–H groups in total. The van der Waals surface area contributed by atoms with Crippen molar-refractivity contribution in [1.29, 1.82) is 0 Å². The van der Waals surface area contributed by atoms with Crippen LogP contribution in [0.2, 0.25) is 0 Å². The third-order valence-electron chi connectivity index (χ3n) is 5.00. The highest BCUT2D eigenvalue weighted by atomic mass is 32.1. The molecule has 5 rings (SSSR count). The molecule has 7 heteroatoms. The summed E-state index contributed by atoms with van der Waals surface area (Å²) >= 11 is 5.39. The predicted molar refractivity (Wildman–Crippen MR) is 112 cm³/mol. The van der Waals surface area contributed by atoms with E-state index in [0.29, 0.717) is 4.77 Å². The highest BCUT2D eigenvalue weighted by Gasteiger charge is 2.23. The van der Waals surface area contributed by atoms with Crippen LogP contribution in [0.15, 0.2) is 59.7 Å². The van der Waals surface area contributed by atoms with Crippen LogP contribution in [-0.4, -0.2) is 32.7 Å². The Hall–Kier alpha value is -3.03. The fourth-order valence-corrected chi connectivity index (χ4v) is 3.84. The minimum absolute atomic E-state index is 0.0679. The van der Waals surface area contributed by atoms with E-state index in [9.17, 15) is 0 Å². The fraction of sp³-hybridized carbons (Fsp3) is 0.190. The molecule has 28 heavy (non-hydrogen) atoms. The van der Waals surface area contributed by atoms with Crippen molar-refractivity contribution in [3.05, 3.63) is 70.8 Å². The van der Waals surface area contributed by atoms with Crippen molar-refractivity contribution in [2.45, 2.75) is 18.9 Å². The number of hydrogen-bond donors (Lipinski definition) is 2. The van der Waals surface area contributed by atoms with Crippen LogP contribution in [-0.2, 0) is 4.74 Å². The van der Waals surface area contributed by atoms with Crippen LogP contribution in [0, 0.1) is 4.77 Å². The van der Waals surface area contributed by atoms with Crippen molar-refractivity contribution in [2.75, 3.05) is 6.61 Å². The van der Waals surface area contributed by atoms with E-state index in [2.05, 4.69) is 44.5 Å². The lowest BCUT2D eigenvalue weighted by molar-refractivity contribution is 0.102. The minimum atomic E-state index is -0.0679. The lowest BCUT2D eigenvalue weighted by Gasteiger charge is -2.07. The fourth-order valence-electron chi connectivity index (χ4n) is 3.65. The van der Waals surface area contributed by atoms with Crippen LogP contribution in [0.5, 0.6) is 0 Å². The van der Waals surface area contributed by atoms with Crippen molar-refractivity contribution >= 4 is 29.3 Å². The van der Waals surface area contributed by atoms with Crippen LogP contribution >= 0.6 is 12.2 Å². The molecule has 0 unspecified atom stereocenters. The standard InChI is InChI=1S/C21H19N5OS/c28-21-25-24-20(18-11-6-12-27-18)26(21)22-13-16-15-9-4-5-10-17(15)23-19(16)14-7-2-1-3-8-14/h1-5,7-10,13,18,23H,6,11-12H2,(H,25,28)/b22-13+/t18-/m0/s1. The van der Waals surface area contributed by atoms with Crippen molar-refractivity contribution < 1.29 is 4.74 Å². The number of nitrogens with one attached hydrogen (secondary N) is 2. The topological polar surface area (TPSA) is 71.0 Å². The first kappa shape index (κ1) is 17.1. The first-order valence-corrected chi connectivity index (χ1v) is 9.71. The summed E-state index contributed by atoms with van der Waals surface area (Å²) in [6.45, 7) is 0.745. The lowest BCUT2D eigenvalue weighted by atomic mass is 10.1. The van der Waals surface area contributed by atoms with Gasteiger partial charge in [-0.15, -0.1) is 0 Å². The van der Waals surface area contributed by atoms with E-state index in [1.807, 2.05) is 36.5 Å². The lowest BCUT2D eigenvalue weighted by Crippen LogP contribution is -2.05. The number of hydrogen-bond acceptors (Lipinski definition) is 4. The van der Waals surface area contributed by atoms with Gasteiger partial charge >= 0.3 is 0 Å². The van der Waals surface area contributed by atoms with E-state index >= 15 is 0 Å². The van der Waals surface area contributed by atoms with E-state index in [1.54, 1.807) is 4.68 Å². The Kier molecular flexibility index (Phi) is 4.38. The van der Waals surface area contributed by atoms with Crippen LogP contribution in [0.4, 0.5) is 0 Å². The van der Waals surface area contributed by atoms with Gasteiger partial charge in [-0.3, -0.25) is 5.10 Å². The predicted octanol–water partition coefficient (Wildman–Crippen LogP) is 4.82. The average Bonchev–Trinajstić information content (AvgIpc) is 3.46. The van der Waals surface area contributed by atoms with Gasteiger partial charge in [-0.25, -0.2) is 0 Å². The summed E-state index contributed by atoms with van der Waals surface area (Å²) in [6.07, 6.45) is 3.73. The molecule has 2 aromatic heterocycles. The highest BCUT2D eigenvalue weighted by Crippen LogP contribution is 2.30. The van der Waals surface area contributed by atoms with Gasteiger partial charge in [0.15, 0.2) is 5.82 Å². The summed E-state index contributed by atoms with van der Waals surface area (Å²) in [5, 5.41) is 13.0. The second kappa shape index (κ2) is 7.18. The van der Waals surface area contributed by atoms with E-state index in [-0.39, 0.29) is 6.10 Å². The monoisotopic (exact) mass is 389 g/mol. The molecular formula is C21H19N5OS. The van der Waals surface area contributed by atoms with Gasteiger partial charge in [0.05, 0.1) is 11.9 Å². The number of H-pyrrole nitrogens is 2. The molecule has 1 aliphatic heterocycles. The third-order valence-corrected chi connectivity index (χ3v) is 5.27. The molecule has 2 aromatic carbocycles. The molecule has 1 saturated heterocycles. The molecule has 3 heterocycles. The summed E-state index contributed by atoms with van der Waals surface area (Å²) in [5.74, 6) is 0.722. The summed E-state index contributed by atoms with van der Waals surface area (Å²) in [5.41, 5.74) is 4.22. The van der Waals surface area contributed by atoms with Crippen molar-refractivity contribution in [3.63, 3.8) is 0 Å².